The molecule has 3 nitrogen and oxygen atoms in total. The monoisotopic (exact) mass is 234 g/mol. The van der Waals surface area contributed by atoms with Crippen molar-refractivity contribution < 1.29 is 4.79 Å². The maximum absolute atomic E-state index is 10.2. The van der Waals surface area contributed by atoms with Crippen molar-refractivity contribution in [2.75, 3.05) is 0 Å². The first kappa shape index (κ1) is 13.2. The van der Waals surface area contributed by atoms with Gasteiger partial charge < -0.3 is 0 Å². The van der Waals surface area contributed by atoms with Gasteiger partial charge in [-0.05, 0) is 24.3 Å². The fraction of sp³-hybridized carbons (Fsp3) is 0. The molecule has 0 aromatic heterocycles. The Hall–Kier alpha value is -2.91. The summed E-state index contributed by atoms with van der Waals surface area (Å²) in [5.41, 5.74) is 1.77. The molecular weight excluding hydrogens is 224 g/mol. The summed E-state index contributed by atoms with van der Waals surface area (Å²) in [7, 11) is 0. The summed E-state index contributed by atoms with van der Waals surface area (Å²) >= 11 is 0. The minimum absolute atomic E-state index is 0.518. The zero-order valence-corrected chi connectivity index (χ0v) is 9.58. The van der Waals surface area contributed by atoms with E-state index < -0.39 is 0 Å². The van der Waals surface area contributed by atoms with Crippen LogP contribution >= 0.6 is 0 Å². The summed E-state index contributed by atoms with van der Waals surface area (Å²) in [6.45, 7) is 0. The Morgan fingerprint density at radius 3 is 1.94 bits per heavy atom. The molecule has 0 spiro atoms. The Balaban J connectivity index is 0.000000184. The molecular formula is C15H10N2O. The smallest absolute Gasteiger partial charge is 0.150 e. The molecule has 0 atom stereocenters. The van der Waals surface area contributed by atoms with Crippen LogP contribution in [0.5, 0.6) is 0 Å². The summed E-state index contributed by atoms with van der Waals surface area (Å²) in [4.78, 5) is 10.2. The molecule has 0 aliphatic carbocycles. The van der Waals surface area contributed by atoms with E-state index in [0.717, 1.165) is 6.29 Å². The van der Waals surface area contributed by atoms with Gasteiger partial charge >= 0.3 is 0 Å². The number of nitrogens with zero attached hydrogens (tertiary/aromatic N) is 2. The predicted molar refractivity (Wildman–Crippen MR) is 67.7 cm³/mol. The Morgan fingerprint density at radius 2 is 1.44 bits per heavy atom. The van der Waals surface area contributed by atoms with Gasteiger partial charge in [-0.15, -0.1) is 0 Å². The van der Waals surface area contributed by atoms with Crippen molar-refractivity contribution in [3.8, 4) is 12.1 Å². The van der Waals surface area contributed by atoms with E-state index in [1.54, 1.807) is 36.4 Å². The number of aldehydes is 1. The normalized spacial score (nSPS) is 8.11. The third-order valence-electron chi connectivity index (χ3n) is 2.05. The van der Waals surface area contributed by atoms with Crippen molar-refractivity contribution in [2.45, 2.75) is 0 Å². The molecule has 0 saturated heterocycles. The molecule has 0 aliphatic rings. The van der Waals surface area contributed by atoms with Gasteiger partial charge in [0.05, 0.1) is 23.3 Å². The number of nitriles is 2. The van der Waals surface area contributed by atoms with Crippen LogP contribution in [0.4, 0.5) is 0 Å². The Kier molecular flexibility index (Phi) is 5.39. The van der Waals surface area contributed by atoms with Gasteiger partial charge in [0, 0.05) is 5.56 Å². The average molecular weight is 234 g/mol. The van der Waals surface area contributed by atoms with Gasteiger partial charge in [0.2, 0.25) is 0 Å². The third kappa shape index (κ3) is 4.30. The van der Waals surface area contributed by atoms with Crippen molar-refractivity contribution in [1.29, 1.82) is 10.5 Å². The molecule has 0 aliphatic heterocycles. The quantitative estimate of drug-likeness (QED) is 0.712. The van der Waals surface area contributed by atoms with E-state index in [9.17, 15) is 4.79 Å². The Labute approximate surface area is 106 Å². The predicted octanol–water partition coefficient (Wildman–Crippen LogP) is 2.93. The van der Waals surface area contributed by atoms with E-state index in [0.29, 0.717) is 16.7 Å². The van der Waals surface area contributed by atoms with Crippen molar-refractivity contribution in [3.63, 3.8) is 0 Å². The Morgan fingerprint density at radius 1 is 0.833 bits per heavy atom. The van der Waals surface area contributed by atoms with Gasteiger partial charge in [-0.25, -0.2) is 0 Å². The largest absolute Gasteiger partial charge is 0.298 e. The van der Waals surface area contributed by atoms with E-state index in [4.69, 9.17) is 10.5 Å². The maximum Gasteiger partial charge on any atom is 0.150 e. The summed E-state index contributed by atoms with van der Waals surface area (Å²) in [5.74, 6) is 0. The lowest BCUT2D eigenvalue weighted by atomic mass is 10.2. The van der Waals surface area contributed by atoms with Gasteiger partial charge in [-0.1, -0.05) is 30.3 Å². The van der Waals surface area contributed by atoms with Crippen LogP contribution in [-0.4, -0.2) is 6.29 Å². The van der Waals surface area contributed by atoms with Crippen LogP contribution in [0.3, 0.4) is 0 Å². The highest BCUT2D eigenvalue weighted by Gasteiger charge is 1.90. The van der Waals surface area contributed by atoms with Gasteiger partial charge in [-0.3, -0.25) is 4.79 Å². The van der Waals surface area contributed by atoms with Gasteiger partial charge in [0.25, 0.3) is 0 Å². The minimum atomic E-state index is 0.518. The fourth-order valence-corrected chi connectivity index (χ4v) is 1.19. The molecule has 0 amide bonds. The van der Waals surface area contributed by atoms with Gasteiger partial charge in [-0.2, -0.15) is 10.5 Å². The van der Waals surface area contributed by atoms with E-state index in [-0.39, 0.29) is 0 Å². The number of hydrogen-bond donors (Lipinski definition) is 0. The second kappa shape index (κ2) is 7.38. The second-order valence-electron chi connectivity index (χ2n) is 3.33. The van der Waals surface area contributed by atoms with E-state index >= 15 is 0 Å². The second-order valence-corrected chi connectivity index (χ2v) is 3.33. The van der Waals surface area contributed by atoms with Crippen molar-refractivity contribution >= 4 is 6.29 Å². The number of hydrogen-bond acceptors (Lipinski definition) is 3. The molecule has 2 aromatic rings. The lowest BCUT2D eigenvalue weighted by Crippen LogP contribution is -1.79. The molecule has 3 heteroatoms. The van der Waals surface area contributed by atoms with Crippen molar-refractivity contribution in [3.05, 3.63) is 71.3 Å². The topological polar surface area (TPSA) is 64.7 Å². The van der Waals surface area contributed by atoms with E-state index in [2.05, 4.69) is 0 Å². The van der Waals surface area contributed by atoms with E-state index in [1.807, 2.05) is 30.3 Å². The number of benzene rings is 2. The molecule has 86 valence electrons. The van der Waals surface area contributed by atoms with Crippen molar-refractivity contribution in [1.82, 2.24) is 0 Å². The molecule has 0 N–H and O–H groups in total. The highest BCUT2D eigenvalue weighted by Crippen LogP contribution is 2.00. The molecule has 0 fully saturated rings. The molecule has 0 saturated carbocycles. The molecule has 2 aromatic carbocycles. The highest BCUT2D eigenvalue weighted by atomic mass is 16.1. The van der Waals surface area contributed by atoms with E-state index in [1.165, 1.54) is 0 Å². The highest BCUT2D eigenvalue weighted by molar-refractivity contribution is 5.75. The molecule has 0 unspecified atom stereocenters. The zero-order valence-electron chi connectivity index (χ0n) is 9.58. The van der Waals surface area contributed by atoms with Crippen LogP contribution in [-0.2, 0) is 0 Å². The van der Waals surface area contributed by atoms with Crippen LogP contribution in [0.25, 0.3) is 0 Å². The first-order valence-electron chi connectivity index (χ1n) is 5.20. The molecule has 0 radical (unpaired) electrons. The summed E-state index contributed by atoms with van der Waals surface area (Å²) < 4.78 is 0. The van der Waals surface area contributed by atoms with Gasteiger partial charge in [0.1, 0.15) is 6.29 Å². The Bertz CT molecular complexity index is 592. The summed E-state index contributed by atoms with van der Waals surface area (Å²) in [5, 5.41) is 16.7. The molecule has 0 heterocycles. The van der Waals surface area contributed by atoms with Crippen LogP contribution in [0.1, 0.15) is 21.5 Å². The van der Waals surface area contributed by atoms with Crippen molar-refractivity contribution in [2.24, 2.45) is 0 Å². The maximum atomic E-state index is 10.2. The summed E-state index contributed by atoms with van der Waals surface area (Å²) in [6, 6.07) is 19.7. The van der Waals surface area contributed by atoms with Crippen LogP contribution in [0.2, 0.25) is 0 Å². The molecule has 18 heavy (non-hydrogen) atoms. The standard InChI is InChI=1S/C8H5NO.C7H5N/c9-5-7-2-1-3-8(4-7)6-10;8-6-7-4-2-1-3-5-7/h1-4,6H;1-5H. The number of rotatable bonds is 1. The first-order chi connectivity index (χ1) is 8.80. The minimum Gasteiger partial charge on any atom is -0.298 e. The zero-order chi connectivity index (χ0) is 13.2. The molecule has 2 rings (SSSR count). The lowest BCUT2D eigenvalue weighted by Gasteiger charge is -1.87. The number of carbonyl (C=O) groups is 1. The third-order valence-corrected chi connectivity index (χ3v) is 2.05. The van der Waals surface area contributed by atoms with Gasteiger partial charge in [0.15, 0.2) is 0 Å². The van der Waals surface area contributed by atoms with Crippen LogP contribution in [0.15, 0.2) is 54.6 Å². The fourth-order valence-electron chi connectivity index (χ4n) is 1.19. The molecule has 0 bridgehead atoms. The number of carbonyl (C=O) groups excluding carboxylic acids is 1. The SMILES string of the molecule is N#Cc1cccc(C=O)c1.N#Cc1ccccc1. The summed E-state index contributed by atoms with van der Waals surface area (Å²) in [6.07, 6.45) is 0.723. The average Bonchev–Trinajstić information content (AvgIpc) is 2.48. The first-order valence-corrected chi connectivity index (χ1v) is 5.20. The van der Waals surface area contributed by atoms with Crippen LogP contribution in [0, 0.1) is 22.7 Å². The lowest BCUT2D eigenvalue weighted by molar-refractivity contribution is 0.112. The van der Waals surface area contributed by atoms with Crippen LogP contribution < -0.4 is 0 Å².